The lowest BCUT2D eigenvalue weighted by Gasteiger charge is -2.30. The molecule has 318 valence electrons. The van der Waals surface area contributed by atoms with Gasteiger partial charge >= 0.3 is 0 Å². The average molecular weight is 845 g/mol. The van der Waals surface area contributed by atoms with Crippen LogP contribution in [0.2, 0.25) is 0 Å². The van der Waals surface area contributed by atoms with Crippen LogP contribution < -0.4 is 9.80 Å². The van der Waals surface area contributed by atoms with Crippen LogP contribution in [0.25, 0.3) is 70.8 Å². The maximum absolute atomic E-state index is 7.07. The molecule has 4 nitrogen and oxygen atoms in total. The molecule has 11 aromatic rings. The number of para-hydroxylation sites is 5. The quantitative estimate of drug-likeness (QED) is 0.136. The van der Waals surface area contributed by atoms with E-state index in [0.717, 1.165) is 86.7 Å². The summed E-state index contributed by atoms with van der Waals surface area (Å²) in [4.78, 5) is 4.92. The first-order valence-electron chi connectivity index (χ1n) is 23.4. The summed E-state index contributed by atoms with van der Waals surface area (Å²) >= 11 is 0. The molecule has 0 bridgehead atoms. The van der Waals surface area contributed by atoms with Crippen LogP contribution in [-0.2, 0) is 12.8 Å². The van der Waals surface area contributed by atoms with Crippen LogP contribution in [0.15, 0.2) is 167 Å². The number of hydrogen-bond donors (Lipinski definition) is 0. The Morgan fingerprint density at radius 2 is 1.03 bits per heavy atom. The molecule has 2 aromatic heterocycles. The Morgan fingerprint density at radius 1 is 0.477 bits per heavy atom. The van der Waals surface area contributed by atoms with Crippen molar-refractivity contribution in [2.24, 2.45) is 5.92 Å². The number of anilines is 6. The lowest BCUT2D eigenvalue weighted by atomic mass is 9.89. The van der Waals surface area contributed by atoms with Crippen molar-refractivity contribution in [3.8, 4) is 0 Å². The molecule has 12 rings (SSSR count). The third-order valence-corrected chi connectivity index (χ3v) is 14.1. The van der Waals surface area contributed by atoms with E-state index in [1.165, 1.54) is 65.5 Å². The van der Waals surface area contributed by atoms with Crippen LogP contribution in [0.5, 0.6) is 0 Å². The summed E-state index contributed by atoms with van der Waals surface area (Å²) < 4.78 is 14.1. The van der Waals surface area contributed by atoms with Gasteiger partial charge in [-0.1, -0.05) is 156 Å². The highest BCUT2D eigenvalue weighted by molar-refractivity contribution is 6.28. The Hall–Kier alpha value is -7.30. The fourth-order valence-electron chi connectivity index (χ4n) is 11.0. The van der Waals surface area contributed by atoms with Gasteiger partial charge in [0, 0.05) is 43.9 Å². The fourth-order valence-corrected chi connectivity index (χ4v) is 11.0. The molecule has 9 aromatic carbocycles. The minimum Gasteiger partial charge on any atom is -0.454 e. The molecule has 1 aliphatic carbocycles. The Kier molecular flexibility index (Phi) is 9.17. The lowest BCUT2D eigenvalue weighted by Crippen LogP contribution is -2.13. The van der Waals surface area contributed by atoms with Gasteiger partial charge in [-0.2, -0.15) is 0 Å². The molecule has 0 unspecified atom stereocenters. The summed E-state index contributed by atoms with van der Waals surface area (Å²) in [6.07, 6.45) is 5.29. The van der Waals surface area contributed by atoms with Gasteiger partial charge in [0.2, 0.25) is 0 Å². The van der Waals surface area contributed by atoms with Crippen molar-refractivity contribution in [3.05, 3.63) is 186 Å². The molecule has 0 saturated carbocycles. The summed E-state index contributed by atoms with van der Waals surface area (Å²) in [6.45, 7) is 13.5. The molecule has 0 radical (unpaired) electrons. The lowest BCUT2D eigenvalue weighted by molar-refractivity contribution is 0.578. The van der Waals surface area contributed by atoms with Crippen molar-refractivity contribution in [2.75, 3.05) is 9.80 Å². The topological polar surface area (TPSA) is 32.8 Å². The molecule has 65 heavy (non-hydrogen) atoms. The van der Waals surface area contributed by atoms with Crippen LogP contribution in [-0.4, -0.2) is 0 Å². The molecule has 0 spiro atoms. The van der Waals surface area contributed by atoms with Crippen molar-refractivity contribution >= 4 is 105 Å². The number of nitrogens with zero attached hydrogens (tertiary/aromatic N) is 2. The largest absolute Gasteiger partial charge is 0.454 e. The molecule has 0 atom stereocenters. The highest BCUT2D eigenvalue weighted by Gasteiger charge is 2.29. The highest BCUT2D eigenvalue weighted by atomic mass is 16.3. The molecule has 0 amide bonds. The van der Waals surface area contributed by atoms with Gasteiger partial charge in [0.1, 0.15) is 11.3 Å². The van der Waals surface area contributed by atoms with E-state index in [9.17, 15) is 0 Å². The number of benzene rings is 9. The van der Waals surface area contributed by atoms with Gasteiger partial charge in [-0.25, -0.2) is 0 Å². The predicted molar refractivity (Wildman–Crippen MR) is 276 cm³/mol. The predicted octanol–water partition coefficient (Wildman–Crippen LogP) is 18.1. The summed E-state index contributed by atoms with van der Waals surface area (Å²) in [7, 11) is 0. The van der Waals surface area contributed by atoms with E-state index in [1.807, 2.05) is 0 Å². The molecule has 4 heteroatoms. The number of rotatable bonds is 9. The van der Waals surface area contributed by atoms with Gasteiger partial charge in [0.05, 0.1) is 22.7 Å². The van der Waals surface area contributed by atoms with Gasteiger partial charge in [-0.05, 0) is 118 Å². The first-order chi connectivity index (χ1) is 31.8. The van der Waals surface area contributed by atoms with Crippen LogP contribution >= 0.6 is 0 Å². The van der Waals surface area contributed by atoms with Gasteiger partial charge in [0.25, 0.3) is 0 Å². The maximum Gasteiger partial charge on any atom is 0.159 e. The van der Waals surface area contributed by atoms with E-state index in [4.69, 9.17) is 8.83 Å². The maximum atomic E-state index is 7.07. The number of aryl methyl sites for hydroxylation is 3. The summed E-state index contributed by atoms with van der Waals surface area (Å²) in [5, 5.41) is 10.8. The zero-order valence-corrected chi connectivity index (χ0v) is 38.0. The second kappa shape index (κ2) is 15.2. The first-order valence-corrected chi connectivity index (χ1v) is 23.4. The summed E-state index contributed by atoms with van der Waals surface area (Å²) in [6, 6.07) is 56.1. The number of fused-ring (bicyclic) bond motifs is 6. The van der Waals surface area contributed by atoms with Gasteiger partial charge in [0.15, 0.2) is 11.2 Å². The van der Waals surface area contributed by atoms with Crippen molar-refractivity contribution in [2.45, 2.75) is 66.7 Å². The Bertz CT molecular complexity index is 3690. The van der Waals surface area contributed by atoms with E-state index in [0.29, 0.717) is 11.8 Å². The second-order valence-corrected chi connectivity index (χ2v) is 18.6. The molecule has 0 saturated heterocycles. The van der Waals surface area contributed by atoms with Gasteiger partial charge in [-0.3, -0.25) is 0 Å². The summed E-state index contributed by atoms with van der Waals surface area (Å²) in [5.74, 6) is 1.76. The van der Waals surface area contributed by atoms with E-state index in [2.05, 4.69) is 209 Å². The first kappa shape index (κ1) is 39.3. The third kappa shape index (κ3) is 5.96. The SMILES string of the molecule is CCc1ccccc1N(c1ccc2ccc3c(N(c4ccccc4C)c4cccc5c6c(oc45)C(C(C)C)=CCC6)ccc4ccc1c2c43)c1cccc2c1oc1c(C(C)C)cccc12. The normalized spacial score (nSPS) is 13.1. The Morgan fingerprint density at radius 3 is 1.68 bits per heavy atom. The van der Waals surface area contributed by atoms with E-state index in [1.54, 1.807) is 0 Å². The number of allylic oxidation sites excluding steroid dienone is 2. The highest BCUT2D eigenvalue weighted by Crippen LogP contribution is 2.52. The molecule has 1 aliphatic rings. The van der Waals surface area contributed by atoms with Crippen molar-refractivity contribution in [3.63, 3.8) is 0 Å². The minimum absolute atomic E-state index is 0.330. The monoisotopic (exact) mass is 844 g/mol. The zero-order chi connectivity index (χ0) is 44.1. The van der Waals surface area contributed by atoms with Crippen molar-refractivity contribution in [1.29, 1.82) is 0 Å². The van der Waals surface area contributed by atoms with E-state index >= 15 is 0 Å². The van der Waals surface area contributed by atoms with Crippen LogP contribution in [0.3, 0.4) is 0 Å². The average Bonchev–Trinajstić information content (AvgIpc) is 3.92. The van der Waals surface area contributed by atoms with Crippen molar-refractivity contribution in [1.82, 2.24) is 0 Å². The molecular weight excluding hydrogens is 793 g/mol. The molecule has 0 fully saturated rings. The zero-order valence-electron chi connectivity index (χ0n) is 38.0. The standard InChI is InChI=1S/C61H52N2O2/c1-7-39-17-9-11-25-51(39)63(55-27-15-23-47-45-21-13-19-43(37(4)5)59(45)65-61(47)55)53-35-31-41-28-32-48-52(34-30-40-29-33-49(53)57(41)56(40)48)62(50-24-10-8-16-38(50)6)54-26-14-22-46-44-20-12-18-42(36(2)3)58(44)64-60(46)54/h8-11,13-19,21-37H,7,12,20H2,1-6H3. The second-order valence-electron chi connectivity index (χ2n) is 18.6. The van der Waals surface area contributed by atoms with E-state index < -0.39 is 0 Å². The van der Waals surface area contributed by atoms with Gasteiger partial charge in [-0.15, -0.1) is 0 Å². The van der Waals surface area contributed by atoms with Crippen LogP contribution in [0.4, 0.5) is 34.1 Å². The van der Waals surface area contributed by atoms with Crippen LogP contribution in [0, 0.1) is 12.8 Å². The van der Waals surface area contributed by atoms with Crippen molar-refractivity contribution < 1.29 is 8.83 Å². The minimum atomic E-state index is 0.330. The third-order valence-electron chi connectivity index (χ3n) is 14.1. The van der Waals surface area contributed by atoms with Gasteiger partial charge < -0.3 is 18.6 Å². The van der Waals surface area contributed by atoms with E-state index in [-0.39, 0.29) is 0 Å². The summed E-state index contributed by atoms with van der Waals surface area (Å²) in [5.41, 5.74) is 15.7. The number of furan rings is 2. The molecule has 2 heterocycles. The Labute approximate surface area is 380 Å². The molecule has 0 N–H and O–H groups in total. The smallest absolute Gasteiger partial charge is 0.159 e. The molecular formula is C61H52N2O2. The molecule has 0 aliphatic heterocycles. The number of hydrogen-bond acceptors (Lipinski definition) is 4. The van der Waals surface area contributed by atoms with Crippen LogP contribution in [0.1, 0.15) is 75.0 Å². The fraction of sp³-hybridized carbons (Fsp3) is 0.180. The Balaban J connectivity index is 1.13.